The van der Waals surface area contributed by atoms with E-state index in [4.69, 9.17) is 5.73 Å². The average Bonchev–Trinajstić information content (AvgIpc) is 2.16. The molecule has 0 amide bonds. The van der Waals surface area contributed by atoms with E-state index in [9.17, 15) is 4.79 Å². The van der Waals surface area contributed by atoms with Crippen LogP contribution in [0.2, 0.25) is 0 Å². The molecule has 14 heavy (non-hydrogen) atoms. The smallest absolute Gasteiger partial charge is 0.169 e. The molecule has 0 spiro atoms. The van der Waals surface area contributed by atoms with Crippen LogP contribution < -0.4 is 5.73 Å². The molecular weight excluding hydrogens is 242 g/mol. The van der Waals surface area contributed by atoms with Crippen molar-refractivity contribution in [2.75, 3.05) is 6.54 Å². The van der Waals surface area contributed by atoms with Crippen LogP contribution in [0.5, 0.6) is 0 Å². The van der Waals surface area contributed by atoms with Crippen molar-refractivity contribution in [3.8, 4) is 0 Å². The first-order valence-corrected chi connectivity index (χ1v) is 5.27. The molecule has 2 N–H and O–H groups in total. The van der Waals surface area contributed by atoms with Gasteiger partial charge in [-0.1, -0.05) is 41.9 Å². The van der Waals surface area contributed by atoms with Gasteiger partial charge in [-0.15, -0.1) is 0 Å². The SMILES string of the molecule is CC(C)(CN)C(=O)c1cccc(Br)c1. The fourth-order valence-electron chi connectivity index (χ4n) is 1.11. The van der Waals surface area contributed by atoms with Crippen LogP contribution in [-0.2, 0) is 0 Å². The third-order valence-electron chi connectivity index (χ3n) is 2.21. The van der Waals surface area contributed by atoms with Crippen LogP contribution in [0.3, 0.4) is 0 Å². The van der Waals surface area contributed by atoms with Crippen LogP contribution in [0.25, 0.3) is 0 Å². The molecule has 76 valence electrons. The molecule has 1 rings (SSSR count). The van der Waals surface area contributed by atoms with Crippen molar-refractivity contribution in [3.63, 3.8) is 0 Å². The third kappa shape index (κ3) is 2.42. The van der Waals surface area contributed by atoms with Gasteiger partial charge in [0, 0.05) is 22.0 Å². The maximum Gasteiger partial charge on any atom is 0.169 e. The van der Waals surface area contributed by atoms with Crippen LogP contribution in [0, 0.1) is 5.41 Å². The lowest BCUT2D eigenvalue weighted by Gasteiger charge is -2.20. The summed E-state index contributed by atoms with van der Waals surface area (Å²) in [4.78, 5) is 11.9. The maximum atomic E-state index is 11.9. The molecule has 2 nitrogen and oxygen atoms in total. The molecule has 0 unspecified atom stereocenters. The molecule has 0 fully saturated rings. The number of halogens is 1. The van der Waals surface area contributed by atoms with Gasteiger partial charge >= 0.3 is 0 Å². The number of Topliss-reactive ketones (excluding diaryl/α,β-unsaturated/α-hetero) is 1. The van der Waals surface area contributed by atoms with Gasteiger partial charge < -0.3 is 5.73 Å². The monoisotopic (exact) mass is 255 g/mol. The Morgan fingerprint density at radius 3 is 2.64 bits per heavy atom. The standard InChI is InChI=1S/C11H14BrNO/c1-11(2,7-13)10(14)8-4-3-5-9(12)6-8/h3-6H,7,13H2,1-2H3. The molecule has 0 bridgehead atoms. The quantitative estimate of drug-likeness (QED) is 0.845. The second-order valence-corrected chi connectivity index (χ2v) is 4.84. The summed E-state index contributed by atoms with van der Waals surface area (Å²) in [6.45, 7) is 4.07. The fourth-order valence-corrected chi connectivity index (χ4v) is 1.51. The van der Waals surface area contributed by atoms with Gasteiger partial charge in [-0.25, -0.2) is 0 Å². The van der Waals surface area contributed by atoms with Crippen molar-refractivity contribution in [2.24, 2.45) is 11.1 Å². The minimum Gasteiger partial charge on any atom is -0.329 e. The Balaban J connectivity index is 3.01. The minimum absolute atomic E-state index is 0.0845. The van der Waals surface area contributed by atoms with Gasteiger partial charge in [0.25, 0.3) is 0 Å². The van der Waals surface area contributed by atoms with Crippen molar-refractivity contribution in [1.82, 2.24) is 0 Å². The van der Waals surface area contributed by atoms with E-state index in [1.54, 1.807) is 0 Å². The molecule has 0 aliphatic carbocycles. The topological polar surface area (TPSA) is 43.1 Å². The highest BCUT2D eigenvalue weighted by Crippen LogP contribution is 2.22. The summed E-state index contributed by atoms with van der Waals surface area (Å²) < 4.78 is 0.913. The van der Waals surface area contributed by atoms with E-state index in [1.807, 2.05) is 38.1 Å². The lowest BCUT2D eigenvalue weighted by atomic mass is 9.84. The van der Waals surface area contributed by atoms with E-state index >= 15 is 0 Å². The second-order valence-electron chi connectivity index (χ2n) is 3.93. The van der Waals surface area contributed by atoms with E-state index in [0.29, 0.717) is 12.1 Å². The predicted octanol–water partition coefficient (Wildman–Crippen LogP) is 2.62. The van der Waals surface area contributed by atoms with Gasteiger partial charge in [0.05, 0.1) is 0 Å². The first kappa shape index (κ1) is 11.4. The van der Waals surface area contributed by atoms with Crippen LogP contribution in [-0.4, -0.2) is 12.3 Å². The Bertz CT molecular complexity index is 347. The first-order chi connectivity index (χ1) is 6.47. The summed E-state index contributed by atoms with van der Waals surface area (Å²) in [6, 6.07) is 7.38. The average molecular weight is 256 g/mol. The minimum atomic E-state index is -0.485. The van der Waals surface area contributed by atoms with Gasteiger partial charge in [0.1, 0.15) is 0 Å². The molecule has 0 aliphatic heterocycles. The molecule has 0 aromatic heterocycles. The van der Waals surface area contributed by atoms with Crippen molar-refractivity contribution >= 4 is 21.7 Å². The van der Waals surface area contributed by atoms with Crippen LogP contribution in [0.1, 0.15) is 24.2 Å². The van der Waals surface area contributed by atoms with Crippen molar-refractivity contribution in [3.05, 3.63) is 34.3 Å². The van der Waals surface area contributed by atoms with Crippen LogP contribution in [0.4, 0.5) is 0 Å². The van der Waals surface area contributed by atoms with Gasteiger partial charge in [0.2, 0.25) is 0 Å². The van der Waals surface area contributed by atoms with E-state index < -0.39 is 5.41 Å². The first-order valence-electron chi connectivity index (χ1n) is 4.48. The highest BCUT2D eigenvalue weighted by molar-refractivity contribution is 9.10. The molecule has 0 aliphatic rings. The zero-order valence-corrected chi connectivity index (χ0v) is 9.97. The second kappa shape index (κ2) is 4.24. The lowest BCUT2D eigenvalue weighted by molar-refractivity contribution is 0.0847. The molecule has 0 radical (unpaired) electrons. The van der Waals surface area contributed by atoms with E-state index in [1.165, 1.54) is 0 Å². The molecule has 0 saturated heterocycles. The maximum absolute atomic E-state index is 11.9. The van der Waals surface area contributed by atoms with Crippen molar-refractivity contribution in [1.29, 1.82) is 0 Å². The lowest BCUT2D eigenvalue weighted by Crippen LogP contribution is -2.32. The highest BCUT2D eigenvalue weighted by atomic mass is 79.9. The van der Waals surface area contributed by atoms with Gasteiger partial charge in [-0.2, -0.15) is 0 Å². The summed E-state index contributed by atoms with van der Waals surface area (Å²) >= 11 is 3.34. The number of ketones is 1. The van der Waals surface area contributed by atoms with Gasteiger partial charge in [-0.05, 0) is 12.1 Å². The Morgan fingerprint density at radius 1 is 1.50 bits per heavy atom. The molecule has 3 heteroatoms. The number of hydrogen-bond acceptors (Lipinski definition) is 2. The zero-order valence-electron chi connectivity index (χ0n) is 8.38. The Morgan fingerprint density at radius 2 is 2.14 bits per heavy atom. The summed E-state index contributed by atoms with van der Waals surface area (Å²) in [6.07, 6.45) is 0. The van der Waals surface area contributed by atoms with Crippen LogP contribution >= 0.6 is 15.9 Å². The molecule has 1 aromatic carbocycles. The van der Waals surface area contributed by atoms with E-state index in [0.717, 1.165) is 4.47 Å². The Labute approximate surface area is 92.6 Å². The number of rotatable bonds is 3. The molecule has 0 atom stereocenters. The zero-order chi connectivity index (χ0) is 10.8. The Kier molecular flexibility index (Phi) is 3.45. The number of carbonyl (C=O) groups is 1. The number of nitrogens with two attached hydrogens (primary N) is 1. The summed E-state index contributed by atoms with van der Waals surface area (Å²) in [7, 11) is 0. The number of hydrogen-bond donors (Lipinski definition) is 1. The van der Waals surface area contributed by atoms with E-state index in [2.05, 4.69) is 15.9 Å². The summed E-state index contributed by atoms with van der Waals surface area (Å²) in [5.41, 5.74) is 5.77. The molecular formula is C11H14BrNO. The van der Waals surface area contributed by atoms with Gasteiger partial charge in [-0.3, -0.25) is 4.79 Å². The third-order valence-corrected chi connectivity index (χ3v) is 2.71. The van der Waals surface area contributed by atoms with Gasteiger partial charge in [0.15, 0.2) is 5.78 Å². The molecule has 0 heterocycles. The summed E-state index contributed by atoms with van der Waals surface area (Å²) in [5.74, 6) is 0.0845. The normalized spacial score (nSPS) is 11.4. The molecule has 0 saturated carbocycles. The van der Waals surface area contributed by atoms with Crippen molar-refractivity contribution < 1.29 is 4.79 Å². The largest absolute Gasteiger partial charge is 0.329 e. The Hall–Kier alpha value is -0.670. The predicted molar refractivity (Wildman–Crippen MR) is 61.3 cm³/mol. The van der Waals surface area contributed by atoms with Crippen molar-refractivity contribution in [2.45, 2.75) is 13.8 Å². The molecule has 1 aromatic rings. The number of carbonyl (C=O) groups excluding carboxylic acids is 1. The number of benzene rings is 1. The fraction of sp³-hybridized carbons (Fsp3) is 0.364. The van der Waals surface area contributed by atoms with Crippen LogP contribution in [0.15, 0.2) is 28.7 Å². The highest BCUT2D eigenvalue weighted by Gasteiger charge is 2.26. The summed E-state index contributed by atoms with van der Waals surface area (Å²) in [5, 5.41) is 0. The van der Waals surface area contributed by atoms with E-state index in [-0.39, 0.29) is 5.78 Å².